The summed E-state index contributed by atoms with van der Waals surface area (Å²) in [4.78, 5) is 25.8. The van der Waals surface area contributed by atoms with Crippen molar-refractivity contribution in [3.05, 3.63) is 59.2 Å². The molecule has 0 fully saturated rings. The number of furan rings is 2. The summed E-state index contributed by atoms with van der Waals surface area (Å²) in [6.07, 6.45) is 0.403. The smallest absolute Gasteiger partial charge is 0.339 e. The first-order chi connectivity index (χ1) is 12.5. The minimum absolute atomic E-state index is 0.0308. The molecule has 2 aromatic heterocycles. The van der Waals surface area contributed by atoms with Crippen LogP contribution < -0.4 is 0 Å². The molecule has 0 bridgehead atoms. The number of para-hydroxylation sites is 1. The second-order valence-corrected chi connectivity index (χ2v) is 6.06. The van der Waals surface area contributed by atoms with Gasteiger partial charge in [-0.05, 0) is 26.0 Å². The van der Waals surface area contributed by atoms with E-state index >= 15 is 0 Å². The van der Waals surface area contributed by atoms with Crippen LogP contribution in [0.5, 0.6) is 0 Å². The van der Waals surface area contributed by atoms with Crippen LogP contribution in [0.1, 0.15) is 59.2 Å². The molecule has 0 spiro atoms. The minimum atomic E-state index is -1.10. The molecule has 3 aromatic rings. The SMILES string of the molecule is CCc1oc(C(=O)N(CC)C(C)c2cc3ccccc3o2)cc1C(=O)O. The lowest BCUT2D eigenvalue weighted by atomic mass is 10.1. The number of hydrogen-bond acceptors (Lipinski definition) is 4. The van der Waals surface area contributed by atoms with Crippen LogP contribution in [0, 0.1) is 0 Å². The maximum atomic E-state index is 12.9. The molecule has 1 atom stereocenters. The van der Waals surface area contributed by atoms with Crippen molar-refractivity contribution in [1.29, 1.82) is 0 Å². The predicted molar refractivity (Wildman–Crippen MR) is 96.4 cm³/mol. The average Bonchev–Trinajstić information content (AvgIpc) is 3.26. The van der Waals surface area contributed by atoms with Gasteiger partial charge >= 0.3 is 5.97 Å². The molecule has 26 heavy (non-hydrogen) atoms. The fourth-order valence-electron chi connectivity index (χ4n) is 3.07. The van der Waals surface area contributed by atoms with E-state index in [2.05, 4.69) is 0 Å². The number of hydrogen-bond donors (Lipinski definition) is 1. The van der Waals surface area contributed by atoms with E-state index in [0.29, 0.717) is 24.5 Å². The van der Waals surface area contributed by atoms with E-state index in [1.165, 1.54) is 6.07 Å². The Balaban J connectivity index is 1.92. The van der Waals surface area contributed by atoms with E-state index in [0.717, 1.165) is 11.0 Å². The van der Waals surface area contributed by atoms with Crippen molar-refractivity contribution in [3.63, 3.8) is 0 Å². The van der Waals surface area contributed by atoms with Gasteiger partial charge < -0.3 is 18.8 Å². The molecule has 1 unspecified atom stereocenters. The summed E-state index contributed by atoms with van der Waals surface area (Å²) in [5, 5.41) is 10.2. The topological polar surface area (TPSA) is 83.9 Å². The molecule has 6 nitrogen and oxygen atoms in total. The Morgan fingerprint density at radius 2 is 1.88 bits per heavy atom. The number of carbonyl (C=O) groups excluding carboxylic acids is 1. The van der Waals surface area contributed by atoms with Crippen molar-refractivity contribution < 1.29 is 23.5 Å². The number of carbonyl (C=O) groups is 2. The summed E-state index contributed by atoms with van der Waals surface area (Å²) >= 11 is 0. The molecule has 0 aliphatic carbocycles. The van der Waals surface area contributed by atoms with Gasteiger partial charge in [-0.2, -0.15) is 0 Å². The van der Waals surface area contributed by atoms with Crippen molar-refractivity contribution in [2.45, 2.75) is 33.2 Å². The van der Waals surface area contributed by atoms with E-state index in [9.17, 15) is 14.7 Å². The highest BCUT2D eigenvalue weighted by Gasteiger charge is 2.28. The number of aromatic carboxylic acids is 1. The Morgan fingerprint density at radius 3 is 2.46 bits per heavy atom. The van der Waals surface area contributed by atoms with Crippen molar-refractivity contribution in [2.24, 2.45) is 0 Å². The van der Waals surface area contributed by atoms with Gasteiger partial charge in [0, 0.05) is 24.4 Å². The minimum Gasteiger partial charge on any atom is -0.478 e. The molecule has 1 aromatic carbocycles. The van der Waals surface area contributed by atoms with E-state index in [1.807, 2.05) is 44.2 Å². The van der Waals surface area contributed by atoms with Crippen molar-refractivity contribution in [2.75, 3.05) is 6.54 Å². The number of rotatable bonds is 6. The first-order valence-electron chi connectivity index (χ1n) is 8.61. The molecule has 0 saturated heterocycles. The van der Waals surface area contributed by atoms with E-state index < -0.39 is 5.97 Å². The van der Waals surface area contributed by atoms with Crippen molar-refractivity contribution in [3.8, 4) is 0 Å². The molecule has 0 aliphatic rings. The summed E-state index contributed by atoms with van der Waals surface area (Å²) in [6.45, 7) is 5.95. The molecular formula is C20H21NO5. The first-order valence-corrected chi connectivity index (χ1v) is 8.61. The molecule has 0 radical (unpaired) electrons. The molecule has 1 amide bonds. The zero-order valence-electron chi connectivity index (χ0n) is 15.0. The Labute approximate surface area is 151 Å². The maximum Gasteiger partial charge on any atom is 0.339 e. The van der Waals surface area contributed by atoms with Gasteiger partial charge in [0.25, 0.3) is 5.91 Å². The van der Waals surface area contributed by atoms with Gasteiger partial charge in [0.2, 0.25) is 0 Å². The number of amides is 1. The molecule has 6 heteroatoms. The molecule has 0 saturated carbocycles. The van der Waals surface area contributed by atoms with Crippen LogP contribution >= 0.6 is 0 Å². The molecule has 0 aliphatic heterocycles. The zero-order chi connectivity index (χ0) is 18.8. The Kier molecular flexibility index (Phi) is 4.84. The highest BCUT2D eigenvalue weighted by atomic mass is 16.4. The number of nitrogens with zero attached hydrogens (tertiary/aromatic N) is 1. The third-order valence-electron chi connectivity index (χ3n) is 4.50. The third kappa shape index (κ3) is 3.10. The number of carboxylic acids is 1. The van der Waals surface area contributed by atoms with Crippen LogP contribution in [-0.4, -0.2) is 28.4 Å². The molecule has 136 valence electrons. The Bertz CT molecular complexity index is 919. The molecular weight excluding hydrogens is 334 g/mol. The van der Waals surface area contributed by atoms with Gasteiger partial charge in [0.15, 0.2) is 5.76 Å². The van der Waals surface area contributed by atoms with E-state index in [-0.39, 0.29) is 23.3 Å². The monoisotopic (exact) mass is 355 g/mol. The van der Waals surface area contributed by atoms with Crippen LogP contribution in [0.25, 0.3) is 11.0 Å². The predicted octanol–water partition coefficient (Wildman–Crippen LogP) is 4.51. The molecule has 3 rings (SSSR count). The third-order valence-corrected chi connectivity index (χ3v) is 4.50. The van der Waals surface area contributed by atoms with Crippen molar-refractivity contribution in [1.82, 2.24) is 4.90 Å². The Hall–Kier alpha value is -3.02. The zero-order valence-corrected chi connectivity index (χ0v) is 15.0. The highest BCUT2D eigenvalue weighted by Crippen LogP contribution is 2.29. The summed E-state index contributed by atoms with van der Waals surface area (Å²) in [5.41, 5.74) is 0.792. The normalized spacial score (nSPS) is 12.3. The number of fused-ring (bicyclic) bond motifs is 1. The van der Waals surface area contributed by atoms with Gasteiger partial charge in [-0.1, -0.05) is 25.1 Å². The van der Waals surface area contributed by atoms with Gasteiger partial charge in [-0.3, -0.25) is 4.79 Å². The summed E-state index contributed by atoms with van der Waals surface area (Å²) in [5.74, 6) is -0.458. The van der Waals surface area contributed by atoms with Gasteiger partial charge in [-0.25, -0.2) is 4.79 Å². The Morgan fingerprint density at radius 1 is 1.15 bits per heavy atom. The standard InChI is InChI=1S/C20H21NO5/c1-4-15-14(20(23)24)11-18(25-15)19(22)21(5-2)12(3)17-10-13-8-6-7-9-16(13)26-17/h6-12H,4-5H2,1-3H3,(H,23,24). The van der Waals surface area contributed by atoms with E-state index in [1.54, 1.807) is 11.8 Å². The lowest BCUT2D eigenvalue weighted by molar-refractivity contribution is 0.0648. The summed E-state index contributed by atoms with van der Waals surface area (Å²) < 4.78 is 11.4. The number of aryl methyl sites for hydroxylation is 1. The van der Waals surface area contributed by atoms with Crippen LogP contribution in [0.2, 0.25) is 0 Å². The van der Waals surface area contributed by atoms with Crippen molar-refractivity contribution >= 4 is 22.8 Å². The summed E-state index contributed by atoms with van der Waals surface area (Å²) in [6, 6.07) is 10.6. The molecule has 1 N–H and O–H groups in total. The largest absolute Gasteiger partial charge is 0.478 e. The lowest BCUT2D eigenvalue weighted by Gasteiger charge is -2.25. The van der Waals surface area contributed by atoms with Gasteiger partial charge in [0.05, 0.1) is 6.04 Å². The fraction of sp³-hybridized carbons (Fsp3) is 0.300. The van der Waals surface area contributed by atoms with Crippen LogP contribution in [0.4, 0.5) is 0 Å². The van der Waals surface area contributed by atoms with E-state index in [4.69, 9.17) is 8.83 Å². The molecule has 2 heterocycles. The summed E-state index contributed by atoms with van der Waals surface area (Å²) in [7, 11) is 0. The van der Waals surface area contributed by atoms with Gasteiger partial charge in [0.1, 0.15) is 22.7 Å². The van der Waals surface area contributed by atoms with Gasteiger partial charge in [-0.15, -0.1) is 0 Å². The number of carboxylic acid groups (broad SMARTS) is 1. The maximum absolute atomic E-state index is 12.9. The second-order valence-electron chi connectivity index (χ2n) is 6.06. The van der Waals surface area contributed by atoms with Crippen LogP contribution in [-0.2, 0) is 6.42 Å². The second kappa shape index (κ2) is 7.07. The average molecular weight is 355 g/mol. The quantitative estimate of drug-likeness (QED) is 0.703. The highest BCUT2D eigenvalue weighted by molar-refractivity contribution is 5.96. The van der Waals surface area contributed by atoms with Crippen LogP contribution in [0.3, 0.4) is 0 Å². The number of benzene rings is 1. The first kappa shape index (κ1) is 17.8. The lowest BCUT2D eigenvalue weighted by Crippen LogP contribution is -2.33. The fourth-order valence-corrected chi connectivity index (χ4v) is 3.07. The van der Waals surface area contributed by atoms with Crippen LogP contribution in [0.15, 0.2) is 45.2 Å².